The van der Waals surface area contributed by atoms with Crippen molar-refractivity contribution < 1.29 is 18.0 Å². The molecule has 0 radical (unpaired) electrons. The number of carbonyl (C=O) groups excluding carboxylic acids is 2. The van der Waals surface area contributed by atoms with Gasteiger partial charge < -0.3 is 10.6 Å². The van der Waals surface area contributed by atoms with Crippen LogP contribution >= 0.6 is 23.1 Å². The molecule has 1 aliphatic rings. The van der Waals surface area contributed by atoms with E-state index in [9.17, 15) is 18.0 Å². The molecule has 1 aliphatic heterocycles. The van der Waals surface area contributed by atoms with Gasteiger partial charge in [-0.25, -0.2) is 8.42 Å². The largest absolute Gasteiger partial charge is 0.347 e. The maximum Gasteiger partial charge on any atom is 0.263 e. The van der Waals surface area contributed by atoms with Gasteiger partial charge in [-0.1, -0.05) is 26.0 Å². The van der Waals surface area contributed by atoms with Crippen molar-refractivity contribution in [1.29, 1.82) is 0 Å². The highest BCUT2D eigenvalue weighted by Crippen LogP contribution is 2.27. The summed E-state index contributed by atoms with van der Waals surface area (Å²) in [6.45, 7) is 4.83. The first kappa shape index (κ1) is 22.8. The first-order chi connectivity index (χ1) is 14.3. The highest BCUT2D eigenvalue weighted by Gasteiger charge is 2.31. The quantitative estimate of drug-likeness (QED) is 0.653. The van der Waals surface area contributed by atoms with Gasteiger partial charge in [-0.15, -0.1) is 11.3 Å². The molecule has 7 nitrogen and oxygen atoms in total. The predicted octanol–water partition coefficient (Wildman–Crippen LogP) is 3.01. The Balaban J connectivity index is 1.64. The lowest BCUT2D eigenvalue weighted by Gasteiger charge is -2.25. The average molecular weight is 468 g/mol. The number of hydrogen-bond acceptors (Lipinski definition) is 6. The topological polar surface area (TPSA) is 95.6 Å². The van der Waals surface area contributed by atoms with Crippen LogP contribution in [0.25, 0.3) is 0 Å². The molecule has 162 valence electrons. The lowest BCUT2D eigenvalue weighted by Crippen LogP contribution is -2.38. The van der Waals surface area contributed by atoms with Crippen molar-refractivity contribution in [2.24, 2.45) is 5.92 Å². The summed E-state index contributed by atoms with van der Waals surface area (Å²) in [6, 6.07) is 8.68. The number of carbonyl (C=O) groups is 2. The van der Waals surface area contributed by atoms with Crippen LogP contribution in [0.15, 0.2) is 40.6 Å². The molecule has 2 aromatic rings. The van der Waals surface area contributed by atoms with Gasteiger partial charge in [0.15, 0.2) is 0 Å². The molecule has 0 saturated carbocycles. The Morgan fingerprint density at radius 3 is 2.40 bits per heavy atom. The first-order valence-corrected chi connectivity index (χ1v) is 13.1. The van der Waals surface area contributed by atoms with E-state index in [1.165, 1.54) is 10.4 Å². The maximum absolute atomic E-state index is 12.9. The minimum Gasteiger partial charge on any atom is -0.347 e. The molecule has 0 aliphatic carbocycles. The zero-order valence-electron chi connectivity index (χ0n) is 16.9. The highest BCUT2D eigenvalue weighted by molar-refractivity contribution is 7.99. The van der Waals surface area contributed by atoms with Crippen LogP contribution in [0.1, 0.15) is 29.1 Å². The summed E-state index contributed by atoms with van der Waals surface area (Å²) < 4.78 is 27.3. The van der Waals surface area contributed by atoms with Gasteiger partial charge in [0, 0.05) is 42.7 Å². The number of thiophene rings is 1. The molecule has 0 unspecified atom stereocenters. The molecule has 2 heterocycles. The zero-order valence-corrected chi connectivity index (χ0v) is 19.3. The molecule has 1 fully saturated rings. The van der Waals surface area contributed by atoms with Crippen molar-refractivity contribution in [2.75, 3.05) is 29.9 Å². The van der Waals surface area contributed by atoms with E-state index in [-0.39, 0.29) is 28.1 Å². The monoisotopic (exact) mass is 467 g/mol. The van der Waals surface area contributed by atoms with Crippen LogP contribution in [0, 0.1) is 5.92 Å². The van der Waals surface area contributed by atoms with Gasteiger partial charge in [0.2, 0.25) is 15.9 Å². The van der Waals surface area contributed by atoms with Crippen LogP contribution < -0.4 is 10.6 Å². The van der Waals surface area contributed by atoms with E-state index in [0.29, 0.717) is 18.8 Å². The fourth-order valence-electron chi connectivity index (χ4n) is 2.85. The number of anilines is 1. The number of nitrogens with one attached hydrogen (secondary N) is 2. The fraction of sp³-hybridized carbons (Fsp3) is 0.400. The third-order valence-corrected chi connectivity index (χ3v) is 8.55. The molecular formula is C20H25N3O4S3. The second-order valence-electron chi connectivity index (χ2n) is 7.15. The summed E-state index contributed by atoms with van der Waals surface area (Å²) in [6.07, 6.45) is 0. The standard InChI is InChI=1S/C20H25N3O4S3/c1-14(2)19(24)22-16-5-3-15(4-6-16)13-21-20(25)18-17(7-10-29-18)30(26,27)23-8-11-28-12-9-23/h3-7,10,14H,8-9,11-13H2,1-2H3,(H,21,25)(H,22,24). The zero-order chi connectivity index (χ0) is 21.7. The van der Waals surface area contributed by atoms with Gasteiger partial charge in [0.25, 0.3) is 5.91 Å². The maximum atomic E-state index is 12.9. The van der Waals surface area contributed by atoms with Crippen LogP contribution in [0.3, 0.4) is 0 Å². The van der Waals surface area contributed by atoms with Gasteiger partial charge in [0.1, 0.15) is 9.77 Å². The van der Waals surface area contributed by atoms with E-state index in [2.05, 4.69) is 10.6 Å². The van der Waals surface area contributed by atoms with E-state index in [1.54, 1.807) is 29.3 Å². The molecule has 3 rings (SSSR count). The molecule has 1 aromatic carbocycles. The molecule has 1 aromatic heterocycles. The third kappa shape index (κ3) is 5.42. The van der Waals surface area contributed by atoms with Crippen molar-refractivity contribution in [3.8, 4) is 0 Å². The number of rotatable bonds is 7. The average Bonchev–Trinajstić information content (AvgIpc) is 3.24. The smallest absolute Gasteiger partial charge is 0.263 e. The Morgan fingerprint density at radius 1 is 1.10 bits per heavy atom. The number of benzene rings is 1. The molecule has 0 bridgehead atoms. The Kier molecular flexibility index (Phi) is 7.56. The van der Waals surface area contributed by atoms with E-state index >= 15 is 0 Å². The van der Waals surface area contributed by atoms with Crippen molar-refractivity contribution in [2.45, 2.75) is 25.3 Å². The molecule has 2 N–H and O–H groups in total. The van der Waals surface area contributed by atoms with E-state index < -0.39 is 15.9 Å². The predicted molar refractivity (Wildman–Crippen MR) is 121 cm³/mol. The number of sulfonamides is 1. The normalized spacial score (nSPS) is 15.2. The number of hydrogen-bond donors (Lipinski definition) is 2. The molecular weight excluding hydrogens is 442 g/mol. The summed E-state index contributed by atoms with van der Waals surface area (Å²) in [5.74, 6) is 0.947. The minimum atomic E-state index is -3.67. The molecule has 1 saturated heterocycles. The Bertz CT molecular complexity index is 995. The van der Waals surface area contributed by atoms with Crippen LogP contribution in [0.5, 0.6) is 0 Å². The van der Waals surface area contributed by atoms with Crippen molar-refractivity contribution >= 4 is 50.6 Å². The Labute approximate surface area is 185 Å². The van der Waals surface area contributed by atoms with Crippen molar-refractivity contribution in [1.82, 2.24) is 9.62 Å². The number of amides is 2. The van der Waals surface area contributed by atoms with Crippen LogP contribution in [0.2, 0.25) is 0 Å². The summed E-state index contributed by atoms with van der Waals surface area (Å²) >= 11 is 2.85. The summed E-state index contributed by atoms with van der Waals surface area (Å²) in [7, 11) is -3.67. The lowest BCUT2D eigenvalue weighted by molar-refractivity contribution is -0.118. The Morgan fingerprint density at radius 2 is 1.77 bits per heavy atom. The van der Waals surface area contributed by atoms with Gasteiger partial charge >= 0.3 is 0 Å². The molecule has 10 heteroatoms. The summed E-state index contributed by atoms with van der Waals surface area (Å²) in [4.78, 5) is 24.7. The second kappa shape index (κ2) is 9.95. The number of nitrogens with zero attached hydrogens (tertiary/aromatic N) is 1. The minimum absolute atomic E-state index is 0.0604. The van der Waals surface area contributed by atoms with Gasteiger partial charge in [-0.2, -0.15) is 16.1 Å². The Hall–Kier alpha value is -1.88. The van der Waals surface area contributed by atoms with Crippen LogP contribution in [-0.2, 0) is 21.4 Å². The van der Waals surface area contributed by atoms with Crippen LogP contribution in [0.4, 0.5) is 5.69 Å². The van der Waals surface area contributed by atoms with Gasteiger partial charge in [-0.3, -0.25) is 9.59 Å². The third-order valence-electron chi connectivity index (χ3n) is 4.62. The van der Waals surface area contributed by atoms with E-state index in [1.807, 2.05) is 26.0 Å². The molecule has 2 amide bonds. The molecule has 0 spiro atoms. The van der Waals surface area contributed by atoms with Gasteiger partial charge in [-0.05, 0) is 29.1 Å². The number of thioether (sulfide) groups is 1. The van der Waals surface area contributed by atoms with Crippen LogP contribution in [-0.4, -0.2) is 49.1 Å². The van der Waals surface area contributed by atoms with Crippen molar-refractivity contribution in [3.05, 3.63) is 46.2 Å². The van der Waals surface area contributed by atoms with Crippen molar-refractivity contribution in [3.63, 3.8) is 0 Å². The van der Waals surface area contributed by atoms with E-state index in [0.717, 1.165) is 28.4 Å². The van der Waals surface area contributed by atoms with E-state index in [4.69, 9.17) is 0 Å². The molecule has 0 atom stereocenters. The highest BCUT2D eigenvalue weighted by atomic mass is 32.2. The lowest BCUT2D eigenvalue weighted by atomic mass is 10.1. The summed E-state index contributed by atoms with van der Waals surface area (Å²) in [5.41, 5.74) is 1.54. The van der Waals surface area contributed by atoms with Gasteiger partial charge in [0.05, 0.1) is 0 Å². The first-order valence-electron chi connectivity index (χ1n) is 9.62. The second-order valence-corrected chi connectivity index (χ2v) is 11.2. The SMILES string of the molecule is CC(C)C(=O)Nc1ccc(CNC(=O)c2sccc2S(=O)(=O)N2CCSCC2)cc1. The molecule has 30 heavy (non-hydrogen) atoms. The fourth-order valence-corrected chi connectivity index (χ4v) is 6.74. The summed E-state index contributed by atoms with van der Waals surface area (Å²) in [5, 5.41) is 7.24.